The molecule has 18 heavy (non-hydrogen) atoms. The Bertz CT molecular complexity index is 431. The molecule has 0 aliphatic rings. The first-order valence-corrected chi connectivity index (χ1v) is 5.70. The zero-order chi connectivity index (χ0) is 13.5. The van der Waals surface area contributed by atoms with Gasteiger partial charge in [0.1, 0.15) is 6.29 Å². The van der Waals surface area contributed by atoms with E-state index in [-0.39, 0.29) is 17.9 Å². The van der Waals surface area contributed by atoms with Gasteiger partial charge in [0.25, 0.3) is 0 Å². The molecule has 1 aromatic rings. The smallest absolute Gasteiger partial charge is 0.347 e. The van der Waals surface area contributed by atoms with E-state index in [1.807, 2.05) is 0 Å². The van der Waals surface area contributed by atoms with E-state index in [9.17, 15) is 14.0 Å². The number of aldehydes is 1. The van der Waals surface area contributed by atoms with Gasteiger partial charge < -0.3 is 9.47 Å². The molecular weight excluding hydrogens is 239 g/mol. The van der Waals surface area contributed by atoms with Gasteiger partial charge in [-0.25, -0.2) is 9.18 Å². The molecule has 98 valence electrons. The molecule has 5 heteroatoms. The van der Waals surface area contributed by atoms with Crippen molar-refractivity contribution in [3.8, 4) is 5.75 Å². The molecule has 1 atom stereocenters. The van der Waals surface area contributed by atoms with Crippen molar-refractivity contribution in [1.29, 1.82) is 0 Å². The zero-order valence-corrected chi connectivity index (χ0v) is 10.3. The molecule has 0 heterocycles. The van der Waals surface area contributed by atoms with Crippen LogP contribution < -0.4 is 4.74 Å². The number of halogens is 1. The largest absolute Gasteiger partial charge is 0.476 e. The summed E-state index contributed by atoms with van der Waals surface area (Å²) in [4.78, 5) is 21.9. The summed E-state index contributed by atoms with van der Waals surface area (Å²) in [7, 11) is 0. The summed E-state index contributed by atoms with van der Waals surface area (Å²) in [6, 6.07) is 3.80. The minimum atomic E-state index is -0.846. The molecule has 0 aromatic heterocycles. The van der Waals surface area contributed by atoms with Gasteiger partial charge in [-0.05, 0) is 31.5 Å². The van der Waals surface area contributed by atoms with E-state index in [2.05, 4.69) is 0 Å². The number of carbonyl (C=O) groups excluding carboxylic acids is 2. The lowest BCUT2D eigenvalue weighted by Gasteiger charge is -2.16. The molecule has 0 spiro atoms. The molecule has 0 bridgehead atoms. The van der Waals surface area contributed by atoms with Gasteiger partial charge in [0.2, 0.25) is 0 Å². The third kappa shape index (κ3) is 3.55. The monoisotopic (exact) mass is 254 g/mol. The molecule has 0 radical (unpaired) electrons. The highest BCUT2D eigenvalue weighted by atomic mass is 19.1. The zero-order valence-electron chi connectivity index (χ0n) is 10.3. The van der Waals surface area contributed by atoms with Crippen LogP contribution in [0.3, 0.4) is 0 Å². The van der Waals surface area contributed by atoms with Gasteiger partial charge in [0, 0.05) is 5.56 Å². The maximum atomic E-state index is 13.5. The van der Waals surface area contributed by atoms with Crippen LogP contribution in [0.15, 0.2) is 18.2 Å². The second-order valence-electron chi connectivity index (χ2n) is 3.57. The van der Waals surface area contributed by atoms with Gasteiger partial charge in [-0.3, -0.25) is 4.79 Å². The Labute approximate surface area is 105 Å². The number of benzene rings is 1. The molecule has 1 rings (SSSR count). The maximum Gasteiger partial charge on any atom is 0.347 e. The third-order valence-electron chi connectivity index (χ3n) is 2.28. The molecule has 4 nitrogen and oxygen atoms in total. The van der Waals surface area contributed by atoms with Crippen LogP contribution in [-0.4, -0.2) is 25.0 Å². The predicted molar refractivity (Wildman–Crippen MR) is 63.1 cm³/mol. The van der Waals surface area contributed by atoms with Crippen LogP contribution in [0.25, 0.3) is 0 Å². The Balaban J connectivity index is 2.81. The minimum Gasteiger partial charge on any atom is -0.476 e. The molecule has 0 saturated heterocycles. The van der Waals surface area contributed by atoms with Gasteiger partial charge in [0.05, 0.1) is 6.61 Å². The summed E-state index contributed by atoms with van der Waals surface area (Å²) in [6.07, 6.45) is 0.0602. The first-order chi connectivity index (χ1) is 8.62. The first kappa shape index (κ1) is 14.2. The SMILES string of the molecule is CCOC(=O)C(CC)Oc1ccc(C=O)cc1F. The lowest BCUT2D eigenvalue weighted by atomic mass is 10.2. The second kappa shape index (κ2) is 6.74. The highest BCUT2D eigenvalue weighted by molar-refractivity contribution is 5.76. The van der Waals surface area contributed by atoms with E-state index in [0.717, 1.165) is 6.07 Å². The Morgan fingerprint density at radius 3 is 2.67 bits per heavy atom. The molecule has 0 N–H and O–H groups in total. The molecule has 0 saturated carbocycles. The normalized spacial score (nSPS) is 11.7. The number of ether oxygens (including phenoxy) is 2. The van der Waals surface area contributed by atoms with Crippen molar-refractivity contribution in [3.63, 3.8) is 0 Å². The van der Waals surface area contributed by atoms with Gasteiger partial charge in [0.15, 0.2) is 17.7 Å². The fraction of sp³-hybridized carbons (Fsp3) is 0.385. The maximum absolute atomic E-state index is 13.5. The Morgan fingerprint density at radius 1 is 1.44 bits per heavy atom. The number of carbonyl (C=O) groups is 2. The molecule has 0 aliphatic heterocycles. The standard InChI is InChI=1S/C13H15FO4/c1-3-11(13(16)17-4-2)18-12-6-5-9(8-15)7-10(12)14/h5-8,11H,3-4H2,1-2H3. The van der Waals surface area contributed by atoms with Crippen molar-refractivity contribution in [2.45, 2.75) is 26.4 Å². The summed E-state index contributed by atoms with van der Waals surface area (Å²) in [5.41, 5.74) is 0.212. The van der Waals surface area contributed by atoms with Crippen LogP contribution in [0.2, 0.25) is 0 Å². The average Bonchev–Trinajstić information content (AvgIpc) is 2.37. The minimum absolute atomic E-state index is 0.0690. The Hall–Kier alpha value is -1.91. The van der Waals surface area contributed by atoms with Crippen LogP contribution in [0, 0.1) is 5.82 Å². The number of hydrogen-bond donors (Lipinski definition) is 0. The van der Waals surface area contributed by atoms with Crippen molar-refractivity contribution in [2.75, 3.05) is 6.61 Å². The summed E-state index contributed by atoms with van der Waals surface area (Å²) < 4.78 is 23.6. The van der Waals surface area contributed by atoms with Gasteiger partial charge in [-0.15, -0.1) is 0 Å². The van der Waals surface area contributed by atoms with Crippen molar-refractivity contribution >= 4 is 12.3 Å². The predicted octanol–water partition coefficient (Wildman–Crippen LogP) is 2.36. The molecule has 0 fully saturated rings. The molecule has 1 unspecified atom stereocenters. The van der Waals surface area contributed by atoms with E-state index in [1.165, 1.54) is 12.1 Å². The van der Waals surface area contributed by atoms with Crippen LogP contribution in [0.5, 0.6) is 5.75 Å². The summed E-state index contributed by atoms with van der Waals surface area (Å²) in [5.74, 6) is -1.28. The van der Waals surface area contributed by atoms with E-state index in [1.54, 1.807) is 13.8 Å². The van der Waals surface area contributed by atoms with E-state index < -0.39 is 17.9 Å². The molecule has 1 aromatic carbocycles. The van der Waals surface area contributed by atoms with Crippen LogP contribution in [0.4, 0.5) is 4.39 Å². The van der Waals surface area contributed by atoms with E-state index in [4.69, 9.17) is 9.47 Å². The number of hydrogen-bond acceptors (Lipinski definition) is 4. The van der Waals surface area contributed by atoms with Crippen LogP contribution in [0.1, 0.15) is 30.6 Å². The Morgan fingerprint density at radius 2 is 2.17 bits per heavy atom. The van der Waals surface area contributed by atoms with Crippen molar-refractivity contribution in [3.05, 3.63) is 29.6 Å². The van der Waals surface area contributed by atoms with Crippen LogP contribution >= 0.6 is 0 Å². The van der Waals surface area contributed by atoms with E-state index >= 15 is 0 Å². The summed E-state index contributed by atoms with van der Waals surface area (Å²) >= 11 is 0. The van der Waals surface area contributed by atoms with Gasteiger partial charge >= 0.3 is 5.97 Å². The average molecular weight is 254 g/mol. The lowest BCUT2D eigenvalue weighted by molar-refractivity contribution is -0.151. The molecule has 0 amide bonds. The van der Waals surface area contributed by atoms with Crippen molar-refractivity contribution in [2.24, 2.45) is 0 Å². The van der Waals surface area contributed by atoms with Crippen molar-refractivity contribution < 1.29 is 23.5 Å². The fourth-order valence-corrected chi connectivity index (χ4v) is 1.37. The van der Waals surface area contributed by atoms with Gasteiger partial charge in [-0.1, -0.05) is 6.92 Å². The number of rotatable bonds is 6. The van der Waals surface area contributed by atoms with Crippen molar-refractivity contribution in [1.82, 2.24) is 0 Å². The topological polar surface area (TPSA) is 52.6 Å². The van der Waals surface area contributed by atoms with E-state index in [0.29, 0.717) is 12.7 Å². The first-order valence-electron chi connectivity index (χ1n) is 5.70. The number of esters is 1. The Kier molecular flexibility index (Phi) is 5.30. The lowest BCUT2D eigenvalue weighted by Crippen LogP contribution is -2.29. The highest BCUT2D eigenvalue weighted by Crippen LogP contribution is 2.20. The quantitative estimate of drug-likeness (QED) is 0.577. The fourth-order valence-electron chi connectivity index (χ4n) is 1.37. The second-order valence-corrected chi connectivity index (χ2v) is 3.57. The molecule has 0 aliphatic carbocycles. The highest BCUT2D eigenvalue weighted by Gasteiger charge is 2.21. The summed E-state index contributed by atoms with van der Waals surface area (Å²) in [6.45, 7) is 3.66. The molecular formula is C13H15FO4. The van der Waals surface area contributed by atoms with Crippen LogP contribution in [-0.2, 0) is 9.53 Å². The third-order valence-corrected chi connectivity index (χ3v) is 2.28. The van der Waals surface area contributed by atoms with Gasteiger partial charge in [-0.2, -0.15) is 0 Å². The summed E-state index contributed by atoms with van der Waals surface area (Å²) in [5, 5.41) is 0.